The van der Waals surface area contributed by atoms with Crippen LogP contribution in [0, 0.1) is 0 Å². The molecule has 0 unspecified atom stereocenters. The van der Waals surface area contributed by atoms with Gasteiger partial charge in [0.15, 0.2) is 0 Å². The van der Waals surface area contributed by atoms with Gasteiger partial charge in [-0.25, -0.2) is 4.98 Å². The molecular weight excluding hydrogens is 1060 g/mol. The first-order valence-electron chi connectivity index (χ1n) is 39.9. The summed E-state index contributed by atoms with van der Waals surface area (Å²) in [6.45, 7) is -2.43. The van der Waals surface area contributed by atoms with Crippen LogP contribution in [0.5, 0.6) is 0 Å². The predicted octanol–water partition coefficient (Wildman–Crippen LogP) is 16.2. The second kappa shape index (κ2) is 21.7. The van der Waals surface area contributed by atoms with Crippen molar-refractivity contribution in [2.75, 3.05) is 36.4 Å². The second-order valence-corrected chi connectivity index (χ2v) is 20.6. The Balaban J connectivity index is 1.09. The van der Waals surface area contributed by atoms with Crippen molar-refractivity contribution in [3.05, 3.63) is 327 Å². The van der Waals surface area contributed by atoms with Gasteiger partial charge in [-0.2, -0.15) is 0 Å². The molecule has 0 saturated heterocycles. The molecule has 13 aromatic rings. The molecule has 0 N–H and O–H groups in total. The number of hydrogen-bond acceptors (Lipinski definition) is 7. The number of aromatic nitrogens is 1. The van der Waals surface area contributed by atoms with Crippen molar-refractivity contribution < 1.29 is 32.9 Å². The molecule has 0 aliphatic carbocycles. The SMILES string of the molecule is [2H]c1c([2H])c([2H])c(N(C)c2cc(N(c3c([2H])c([2H])c([2H])c([2H])c3[2H])c3c([2H])c([2H])c([2H])c([2H])c3[2H])cc3c2B(c2ccc4c(c2)B2c5ccccc5N(c5ccccc5)c5nc(N(c6ccccc6)c6ccccc6)cc(c52)N4c2ccccc2)c2c([2H])c([2H])c([2H])c([2H])c2N3c2c([2H])c([2H])c([2H])c([2H])c2[2H])c([2H])c1[2H]. The molecule has 0 fully saturated rings. The standard InChI is InChI=1S/C78H57B2N7/c1-82(57-30-10-2-11-31-57)72-53-65(83(58-32-12-3-13-33-58)59-34-14-4-15-35-59)54-73-76(72)79(66-46-26-28-48-69(66)85(73)62-40-20-7-21-41-62)56-50-51-71-68(52-56)80-67-47-27-29-49-70(67)87(64-44-24-9-25-45-64)78-77(80)74(86(71)63-42-22-8-23-43-63)55-75(81-78)84(60-36-16-5-17-37-60)61-38-18-6-19-39-61/h2-55H,1H3/i2D,3D,4D,7D,10D,11D,12D,13D,14D,15D,20D,21D,26D,28D,30D,31D,32D,33D,34D,35D,40D,41D,46D,48D. The Morgan fingerprint density at radius 3 is 1.47 bits per heavy atom. The molecule has 9 heteroatoms. The van der Waals surface area contributed by atoms with E-state index in [1.807, 2.05) is 164 Å². The van der Waals surface area contributed by atoms with Crippen molar-refractivity contribution in [3.8, 4) is 0 Å². The zero-order chi connectivity index (χ0) is 78.7. The van der Waals surface area contributed by atoms with E-state index in [1.165, 1.54) is 19.2 Å². The van der Waals surface area contributed by atoms with E-state index < -0.39 is 198 Å². The summed E-state index contributed by atoms with van der Waals surface area (Å²) in [5.41, 5.74) is 2.24. The van der Waals surface area contributed by atoms with Crippen LogP contribution in [0.4, 0.5) is 96.9 Å². The number of fused-ring (bicyclic) bond motifs is 6. The summed E-state index contributed by atoms with van der Waals surface area (Å²) in [7, 11) is 1.30. The third-order valence-corrected chi connectivity index (χ3v) is 15.9. The van der Waals surface area contributed by atoms with E-state index in [2.05, 4.69) is 14.7 Å². The minimum absolute atomic E-state index is 0.149. The normalized spacial score (nSPS) is 16.4. The van der Waals surface area contributed by atoms with Gasteiger partial charge in [0.1, 0.15) is 11.6 Å². The van der Waals surface area contributed by atoms with E-state index in [9.17, 15) is 19.2 Å². The lowest BCUT2D eigenvalue weighted by atomic mass is 9.31. The van der Waals surface area contributed by atoms with Crippen LogP contribution >= 0.6 is 0 Å². The van der Waals surface area contributed by atoms with Crippen molar-refractivity contribution in [1.29, 1.82) is 0 Å². The van der Waals surface area contributed by atoms with Gasteiger partial charge in [-0.15, -0.1) is 0 Å². The summed E-state index contributed by atoms with van der Waals surface area (Å²) in [6, 6.07) is 35.3. The molecule has 3 aliphatic heterocycles. The summed E-state index contributed by atoms with van der Waals surface area (Å²) in [6.07, 6.45) is 0. The van der Waals surface area contributed by atoms with Crippen LogP contribution in [0.1, 0.15) is 32.9 Å². The first-order chi connectivity index (χ1) is 53.1. The smallest absolute Gasteiger partial charge is 0.254 e. The fourth-order valence-electron chi connectivity index (χ4n) is 12.4. The fourth-order valence-corrected chi connectivity index (χ4v) is 12.4. The van der Waals surface area contributed by atoms with E-state index in [0.717, 1.165) is 42.9 Å². The van der Waals surface area contributed by atoms with Gasteiger partial charge in [-0.1, -0.05) is 199 Å². The van der Waals surface area contributed by atoms with E-state index in [-0.39, 0.29) is 22.1 Å². The minimum Gasteiger partial charge on any atom is -0.345 e. The van der Waals surface area contributed by atoms with Crippen molar-refractivity contribution in [2.45, 2.75) is 0 Å². The molecule has 7 nitrogen and oxygen atoms in total. The molecule has 4 heterocycles. The monoisotopic (exact) mass is 1140 g/mol. The molecule has 1 aromatic heterocycles. The van der Waals surface area contributed by atoms with Crippen molar-refractivity contribution in [2.24, 2.45) is 0 Å². The third-order valence-electron chi connectivity index (χ3n) is 15.9. The lowest BCUT2D eigenvalue weighted by molar-refractivity contribution is 1.13. The first kappa shape index (κ1) is 32.1. The Hall–Kier alpha value is -11.3. The Morgan fingerprint density at radius 2 is 0.839 bits per heavy atom. The van der Waals surface area contributed by atoms with E-state index in [1.54, 1.807) is 6.07 Å². The molecule has 0 bridgehead atoms. The number of rotatable bonds is 12. The largest absolute Gasteiger partial charge is 0.345 e. The lowest BCUT2D eigenvalue weighted by Gasteiger charge is -2.44. The van der Waals surface area contributed by atoms with Gasteiger partial charge in [0.25, 0.3) is 6.71 Å². The molecule has 0 atom stereocenters. The van der Waals surface area contributed by atoms with Gasteiger partial charge in [-0.3, -0.25) is 9.80 Å². The second-order valence-electron chi connectivity index (χ2n) is 20.6. The average molecular weight is 1140 g/mol. The molecule has 410 valence electrons. The molecule has 16 rings (SSSR count). The highest BCUT2D eigenvalue weighted by Crippen LogP contribution is 2.48. The molecule has 0 saturated carbocycles. The maximum Gasteiger partial charge on any atom is 0.254 e. The van der Waals surface area contributed by atoms with Crippen molar-refractivity contribution in [1.82, 2.24) is 4.98 Å². The van der Waals surface area contributed by atoms with Gasteiger partial charge >= 0.3 is 0 Å². The number of hydrogen-bond donors (Lipinski definition) is 0. The van der Waals surface area contributed by atoms with Crippen LogP contribution in [0.2, 0.25) is 0 Å². The van der Waals surface area contributed by atoms with Gasteiger partial charge in [-0.05, 0) is 154 Å². The Bertz CT molecular complexity index is 5890. The van der Waals surface area contributed by atoms with Crippen LogP contribution < -0.4 is 62.2 Å². The molecule has 0 radical (unpaired) electrons. The molecule has 87 heavy (non-hydrogen) atoms. The summed E-state index contributed by atoms with van der Waals surface area (Å²) in [5.74, 6) is 1.04. The van der Waals surface area contributed by atoms with Gasteiger partial charge < -0.3 is 19.6 Å². The molecule has 12 aromatic carbocycles. The maximum absolute atomic E-state index is 10.4. The zero-order valence-corrected chi connectivity index (χ0v) is 46.1. The molecule has 0 spiro atoms. The number of benzene rings is 12. The average Bonchev–Trinajstić information content (AvgIpc) is 0.692. The van der Waals surface area contributed by atoms with Crippen LogP contribution in [-0.2, 0) is 0 Å². The number of nitrogens with zero attached hydrogens (tertiary/aromatic N) is 7. The van der Waals surface area contributed by atoms with Crippen LogP contribution in [0.15, 0.2) is 327 Å². The Labute approximate surface area is 543 Å². The Kier molecular flexibility index (Phi) is 8.02. The summed E-state index contributed by atoms with van der Waals surface area (Å²) in [5, 5.41) is 0. The lowest BCUT2D eigenvalue weighted by Crippen LogP contribution is -2.64. The molecular formula is C78H57B2N7. The molecule has 3 aliphatic rings. The fraction of sp³-hybridized carbons (Fsp3) is 0.0128. The van der Waals surface area contributed by atoms with Crippen molar-refractivity contribution >= 4 is 143 Å². The highest BCUT2D eigenvalue weighted by molar-refractivity contribution is 7.02. The third kappa shape index (κ3) is 8.81. The summed E-state index contributed by atoms with van der Waals surface area (Å²) in [4.78, 5) is 15.0. The summed E-state index contributed by atoms with van der Waals surface area (Å²) >= 11 is 0. The van der Waals surface area contributed by atoms with Crippen molar-refractivity contribution in [3.63, 3.8) is 0 Å². The highest BCUT2D eigenvalue weighted by atomic mass is 15.3. The number of para-hydroxylation sites is 10. The quantitative estimate of drug-likeness (QED) is 0.113. The Morgan fingerprint density at radius 1 is 0.333 bits per heavy atom. The zero-order valence-electron chi connectivity index (χ0n) is 70.1. The van der Waals surface area contributed by atoms with Crippen LogP contribution in [0.25, 0.3) is 0 Å². The number of pyridine rings is 1. The van der Waals surface area contributed by atoms with Crippen LogP contribution in [-0.4, -0.2) is 25.5 Å². The van der Waals surface area contributed by atoms with E-state index in [4.69, 9.17) is 18.7 Å². The molecule has 0 amide bonds. The maximum atomic E-state index is 10.4. The highest BCUT2D eigenvalue weighted by Gasteiger charge is 2.46. The van der Waals surface area contributed by atoms with Gasteiger partial charge in [0, 0.05) is 92.7 Å². The number of anilines is 17. The van der Waals surface area contributed by atoms with E-state index in [0.29, 0.717) is 39.6 Å². The van der Waals surface area contributed by atoms with Gasteiger partial charge in [0.2, 0.25) is 6.71 Å². The van der Waals surface area contributed by atoms with Gasteiger partial charge in [0.05, 0.1) is 38.6 Å². The van der Waals surface area contributed by atoms with E-state index >= 15 is 0 Å². The summed E-state index contributed by atoms with van der Waals surface area (Å²) < 4.78 is 225. The first-order valence-corrected chi connectivity index (χ1v) is 27.9. The predicted molar refractivity (Wildman–Crippen MR) is 368 cm³/mol. The minimum atomic E-state index is -1.65. The van der Waals surface area contributed by atoms with Crippen LogP contribution in [0.3, 0.4) is 0 Å². The topological polar surface area (TPSA) is 32.3 Å².